The molecule has 0 heterocycles. The zero-order valence-corrected chi connectivity index (χ0v) is 12.6. The average molecular weight is 330 g/mol. The molecule has 0 atom stereocenters. The summed E-state index contributed by atoms with van der Waals surface area (Å²) in [5.41, 5.74) is 0.557. The van der Waals surface area contributed by atoms with E-state index in [-0.39, 0.29) is 16.8 Å². The first-order valence-corrected chi connectivity index (χ1v) is 6.83. The fraction of sp³-hybridized carbons (Fsp3) is 0.118. The SMILES string of the molecule is Cc1ccc(F)cc1NC(=O)COC(=O)c1ccc(C#N)cc1F. The van der Waals surface area contributed by atoms with Gasteiger partial charge in [0.15, 0.2) is 6.61 Å². The fourth-order valence-corrected chi connectivity index (χ4v) is 1.87. The van der Waals surface area contributed by atoms with E-state index in [1.807, 2.05) is 0 Å². The van der Waals surface area contributed by atoms with Crippen molar-refractivity contribution >= 4 is 17.6 Å². The molecule has 0 fully saturated rings. The van der Waals surface area contributed by atoms with Crippen molar-refractivity contribution < 1.29 is 23.1 Å². The van der Waals surface area contributed by atoms with E-state index in [9.17, 15) is 18.4 Å². The second-order valence-corrected chi connectivity index (χ2v) is 4.89. The molecule has 24 heavy (non-hydrogen) atoms. The number of nitriles is 1. The zero-order chi connectivity index (χ0) is 17.7. The Morgan fingerprint density at radius 1 is 1.21 bits per heavy atom. The number of amides is 1. The number of halogens is 2. The molecule has 2 aromatic rings. The number of carbonyl (C=O) groups excluding carboxylic acids is 2. The summed E-state index contributed by atoms with van der Waals surface area (Å²) < 4.78 is 31.5. The summed E-state index contributed by atoms with van der Waals surface area (Å²) in [5.74, 6) is -3.16. The molecule has 0 aliphatic heterocycles. The Labute approximate surface area is 136 Å². The minimum atomic E-state index is -1.04. The van der Waals surface area contributed by atoms with E-state index in [0.717, 1.165) is 18.2 Å². The normalized spacial score (nSPS) is 9.92. The van der Waals surface area contributed by atoms with Crippen LogP contribution in [0.5, 0.6) is 0 Å². The van der Waals surface area contributed by atoms with E-state index in [1.165, 1.54) is 18.2 Å². The zero-order valence-electron chi connectivity index (χ0n) is 12.6. The number of nitrogens with zero attached hydrogens (tertiary/aromatic N) is 1. The quantitative estimate of drug-likeness (QED) is 0.874. The van der Waals surface area contributed by atoms with Gasteiger partial charge in [-0.15, -0.1) is 0 Å². The molecule has 1 amide bonds. The average Bonchev–Trinajstić information content (AvgIpc) is 2.55. The van der Waals surface area contributed by atoms with Crippen LogP contribution in [-0.2, 0) is 9.53 Å². The van der Waals surface area contributed by atoms with Gasteiger partial charge in [-0.1, -0.05) is 6.07 Å². The molecule has 7 heteroatoms. The van der Waals surface area contributed by atoms with Crippen molar-refractivity contribution in [2.24, 2.45) is 0 Å². The van der Waals surface area contributed by atoms with Gasteiger partial charge < -0.3 is 10.1 Å². The van der Waals surface area contributed by atoms with Gasteiger partial charge in [-0.2, -0.15) is 5.26 Å². The van der Waals surface area contributed by atoms with E-state index in [0.29, 0.717) is 5.56 Å². The largest absolute Gasteiger partial charge is 0.452 e. The molecule has 122 valence electrons. The van der Waals surface area contributed by atoms with Crippen molar-refractivity contribution in [2.45, 2.75) is 6.92 Å². The van der Waals surface area contributed by atoms with E-state index in [1.54, 1.807) is 13.0 Å². The first-order chi connectivity index (χ1) is 11.4. The summed E-state index contributed by atoms with van der Waals surface area (Å²) in [7, 11) is 0. The van der Waals surface area contributed by atoms with Crippen LogP contribution in [0, 0.1) is 29.9 Å². The van der Waals surface area contributed by atoms with Gasteiger partial charge in [0.05, 0.1) is 17.2 Å². The molecule has 2 aromatic carbocycles. The smallest absolute Gasteiger partial charge is 0.341 e. The van der Waals surface area contributed by atoms with Crippen LogP contribution in [-0.4, -0.2) is 18.5 Å². The maximum atomic E-state index is 13.7. The van der Waals surface area contributed by atoms with Gasteiger partial charge in [-0.25, -0.2) is 13.6 Å². The van der Waals surface area contributed by atoms with E-state index >= 15 is 0 Å². The first kappa shape index (κ1) is 17.1. The van der Waals surface area contributed by atoms with E-state index < -0.39 is 30.1 Å². The van der Waals surface area contributed by atoms with Crippen molar-refractivity contribution in [3.05, 3.63) is 64.7 Å². The van der Waals surface area contributed by atoms with Gasteiger partial charge in [-0.05, 0) is 42.8 Å². The summed E-state index contributed by atoms with van der Waals surface area (Å²) >= 11 is 0. The number of nitrogens with one attached hydrogen (secondary N) is 1. The molecular formula is C17H12F2N2O3. The molecule has 0 unspecified atom stereocenters. The molecule has 0 aromatic heterocycles. The van der Waals surface area contributed by atoms with Gasteiger partial charge in [-0.3, -0.25) is 4.79 Å². The lowest BCUT2D eigenvalue weighted by Crippen LogP contribution is -2.21. The molecule has 1 N–H and O–H groups in total. The Balaban J connectivity index is 1.98. The summed E-state index contributed by atoms with van der Waals surface area (Å²) in [4.78, 5) is 23.5. The Hall–Kier alpha value is -3.27. The van der Waals surface area contributed by atoms with Crippen LogP contribution < -0.4 is 5.32 Å². The minimum Gasteiger partial charge on any atom is -0.452 e. The van der Waals surface area contributed by atoms with Crippen molar-refractivity contribution in [3.8, 4) is 6.07 Å². The highest BCUT2D eigenvalue weighted by atomic mass is 19.1. The number of benzene rings is 2. The molecule has 0 aliphatic rings. The number of esters is 1. The highest BCUT2D eigenvalue weighted by Gasteiger charge is 2.16. The number of carbonyl (C=O) groups is 2. The monoisotopic (exact) mass is 330 g/mol. The molecule has 0 spiro atoms. The molecule has 5 nitrogen and oxygen atoms in total. The number of rotatable bonds is 4. The summed E-state index contributed by atoms with van der Waals surface area (Å²) in [6, 6.07) is 8.86. The van der Waals surface area contributed by atoms with Gasteiger partial charge in [0.25, 0.3) is 5.91 Å². The topological polar surface area (TPSA) is 79.2 Å². The lowest BCUT2D eigenvalue weighted by Gasteiger charge is -2.09. The second-order valence-electron chi connectivity index (χ2n) is 4.89. The second kappa shape index (κ2) is 7.33. The third-order valence-corrected chi connectivity index (χ3v) is 3.13. The Bertz CT molecular complexity index is 844. The van der Waals surface area contributed by atoms with Crippen LogP contribution >= 0.6 is 0 Å². The third-order valence-electron chi connectivity index (χ3n) is 3.13. The van der Waals surface area contributed by atoms with Crippen LogP contribution in [0.3, 0.4) is 0 Å². The van der Waals surface area contributed by atoms with Crippen molar-refractivity contribution in [1.29, 1.82) is 5.26 Å². The lowest BCUT2D eigenvalue weighted by atomic mass is 10.1. The Morgan fingerprint density at radius 3 is 2.62 bits per heavy atom. The maximum absolute atomic E-state index is 13.7. The van der Waals surface area contributed by atoms with Crippen molar-refractivity contribution in [1.82, 2.24) is 0 Å². The molecule has 2 rings (SSSR count). The van der Waals surface area contributed by atoms with Crippen molar-refractivity contribution in [3.63, 3.8) is 0 Å². The predicted molar refractivity (Wildman–Crippen MR) is 81.2 cm³/mol. The summed E-state index contributed by atoms with van der Waals surface area (Å²) in [6.45, 7) is 1.02. The van der Waals surface area contributed by atoms with Crippen molar-refractivity contribution in [2.75, 3.05) is 11.9 Å². The lowest BCUT2D eigenvalue weighted by molar-refractivity contribution is -0.119. The van der Waals surface area contributed by atoms with Gasteiger partial charge in [0, 0.05) is 5.69 Å². The number of hydrogen-bond donors (Lipinski definition) is 1. The van der Waals surface area contributed by atoms with Gasteiger partial charge in [0.1, 0.15) is 11.6 Å². The van der Waals surface area contributed by atoms with Crippen LogP contribution in [0.2, 0.25) is 0 Å². The van der Waals surface area contributed by atoms with Gasteiger partial charge >= 0.3 is 5.97 Å². The number of hydrogen-bond acceptors (Lipinski definition) is 4. The number of ether oxygens (including phenoxy) is 1. The molecule has 0 bridgehead atoms. The molecule has 0 radical (unpaired) electrons. The van der Waals surface area contributed by atoms with Crippen LogP contribution in [0.1, 0.15) is 21.5 Å². The molecule has 0 saturated carbocycles. The Kier molecular flexibility index (Phi) is 5.22. The van der Waals surface area contributed by atoms with Crippen LogP contribution in [0.25, 0.3) is 0 Å². The number of aryl methyl sites for hydroxylation is 1. The third kappa shape index (κ3) is 4.14. The van der Waals surface area contributed by atoms with E-state index in [4.69, 9.17) is 10.00 Å². The molecule has 0 aliphatic carbocycles. The van der Waals surface area contributed by atoms with Crippen LogP contribution in [0.15, 0.2) is 36.4 Å². The fourth-order valence-electron chi connectivity index (χ4n) is 1.87. The standard InChI is InChI=1S/C17H12F2N2O3/c1-10-2-4-12(18)7-15(10)21-16(22)9-24-17(23)13-5-3-11(8-20)6-14(13)19/h2-7H,9H2,1H3,(H,21,22). The highest BCUT2D eigenvalue weighted by molar-refractivity contribution is 5.96. The minimum absolute atomic E-state index is 0.0587. The molecule has 0 saturated heterocycles. The highest BCUT2D eigenvalue weighted by Crippen LogP contribution is 2.16. The molecular weight excluding hydrogens is 318 g/mol. The maximum Gasteiger partial charge on any atom is 0.341 e. The summed E-state index contributed by atoms with van der Waals surface area (Å²) in [5, 5.41) is 11.0. The predicted octanol–water partition coefficient (Wildman–Crippen LogP) is 2.94. The van der Waals surface area contributed by atoms with Gasteiger partial charge in [0.2, 0.25) is 0 Å². The number of anilines is 1. The summed E-state index contributed by atoms with van der Waals surface area (Å²) in [6.07, 6.45) is 0. The van der Waals surface area contributed by atoms with Crippen LogP contribution in [0.4, 0.5) is 14.5 Å². The Morgan fingerprint density at radius 2 is 1.96 bits per heavy atom. The first-order valence-electron chi connectivity index (χ1n) is 6.83. The van der Waals surface area contributed by atoms with E-state index in [2.05, 4.69) is 5.32 Å².